The van der Waals surface area contributed by atoms with Crippen LogP contribution in [0.1, 0.15) is 36.2 Å². The Hall–Kier alpha value is -3.14. The van der Waals surface area contributed by atoms with Crippen molar-refractivity contribution in [1.82, 2.24) is 0 Å². The molecule has 0 saturated heterocycles. The van der Waals surface area contributed by atoms with Crippen molar-refractivity contribution in [3.8, 4) is 11.1 Å². The molecule has 1 unspecified atom stereocenters. The number of para-hydroxylation sites is 1. The van der Waals surface area contributed by atoms with E-state index < -0.39 is 11.9 Å². The summed E-state index contributed by atoms with van der Waals surface area (Å²) < 4.78 is 5.62. The Kier molecular flexibility index (Phi) is 5.26. The van der Waals surface area contributed by atoms with Crippen molar-refractivity contribution >= 4 is 22.7 Å². The van der Waals surface area contributed by atoms with E-state index in [1.165, 1.54) is 0 Å². The highest BCUT2D eigenvalue weighted by atomic mass is 16.4. The third-order valence-corrected chi connectivity index (χ3v) is 4.94. The SMILES string of the molecule is C=C(C(=O)c1ccc(-c2coc3ccccc23)cc1CC)C(CC)C(=O)O. The first-order valence-electron chi connectivity index (χ1n) is 9.03. The van der Waals surface area contributed by atoms with Gasteiger partial charge in [0, 0.05) is 22.1 Å². The maximum absolute atomic E-state index is 12.9. The van der Waals surface area contributed by atoms with Gasteiger partial charge in [-0.05, 0) is 30.0 Å². The molecule has 0 amide bonds. The van der Waals surface area contributed by atoms with Crippen molar-refractivity contribution in [2.75, 3.05) is 0 Å². The number of hydrogen-bond acceptors (Lipinski definition) is 3. The Labute approximate surface area is 158 Å². The predicted octanol–water partition coefficient (Wildman–Crippen LogP) is 5.51. The van der Waals surface area contributed by atoms with E-state index in [0.29, 0.717) is 18.4 Å². The van der Waals surface area contributed by atoms with Gasteiger partial charge >= 0.3 is 5.97 Å². The standard InChI is InChI=1S/C23H22O4/c1-4-15-12-16(20-13-27-21-9-7-6-8-19(20)21)10-11-18(15)22(24)14(3)17(5-2)23(25)26/h6-13,17H,3-5H2,1-2H3,(H,25,26). The second kappa shape index (κ2) is 7.62. The van der Waals surface area contributed by atoms with Gasteiger partial charge in [0.25, 0.3) is 0 Å². The minimum atomic E-state index is -1.02. The fourth-order valence-corrected chi connectivity index (χ4v) is 3.38. The number of carboxylic acids is 1. The molecule has 0 aliphatic heterocycles. The molecule has 4 heteroatoms. The zero-order valence-electron chi connectivity index (χ0n) is 15.5. The Morgan fingerprint density at radius 2 is 1.89 bits per heavy atom. The Bertz CT molecular complexity index is 1030. The molecule has 27 heavy (non-hydrogen) atoms. The van der Waals surface area contributed by atoms with Crippen LogP contribution in [0.5, 0.6) is 0 Å². The minimum absolute atomic E-state index is 0.126. The summed E-state index contributed by atoms with van der Waals surface area (Å²) in [5, 5.41) is 10.3. The number of benzene rings is 2. The first-order valence-corrected chi connectivity index (χ1v) is 9.03. The van der Waals surface area contributed by atoms with Crippen LogP contribution in [0.4, 0.5) is 0 Å². The lowest BCUT2D eigenvalue weighted by molar-refractivity contribution is -0.140. The number of hydrogen-bond donors (Lipinski definition) is 1. The van der Waals surface area contributed by atoms with Crippen LogP contribution >= 0.6 is 0 Å². The highest BCUT2D eigenvalue weighted by Gasteiger charge is 2.26. The average molecular weight is 362 g/mol. The molecule has 4 nitrogen and oxygen atoms in total. The van der Waals surface area contributed by atoms with Crippen molar-refractivity contribution in [3.63, 3.8) is 0 Å². The molecule has 0 fully saturated rings. The summed E-state index contributed by atoms with van der Waals surface area (Å²) in [6, 6.07) is 13.4. The van der Waals surface area contributed by atoms with Gasteiger partial charge in [0.2, 0.25) is 0 Å². The van der Waals surface area contributed by atoms with Crippen molar-refractivity contribution in [3.05, 3.63) is 72.0 Å². The van der Waals surface area contributed by atoms with Crippen LogP contribution in [0.3, 0.4) is 0 Å². The molecule has 0 radical (unpaired) electrons. The van der Waals surface area contributed by atoms with E-state index in [-0.39, 0.29) is 11.4 Å². The molecule has 2 aromatic carbocycles. The second-order valence-corrected chi connectivity index (χ2v) is 6.52. The van der Waals surface area contributed by atoms with Gasteiger partial charge in [0.05, 0.1) is 12.2 Å². The highest BCUT2D eigenvalue weighted by molar-refractivity contribution is 6.12. The summed E-state index contributed by atoms with van der Waals surface area (Å²) in [4.78, 5) is 24.2. The number of carbonyl (C=O) groups is 2. The molecule has 138 valence electrons. The van der Waals surface area contributed by atoms with Crippen LogP contribution in [0.25, 0.3) is 22.1 Å². The molecule has 1 heterocycles. The van der Waals surface area contributed by atoms with Crippen LogP contribution in [-0.2, 0) is 11.2 Å². The summed E-state index contributed by atoms with van der Waals surface area (Å²) in [5.41, 5.74) is 4.25. The molecule has 1 N–H and O–H groups in total. The van der Waals surface area contributed by atoms with Gasteiger partial charge < -0.3 is 9.52 Å². The molecule has 1 aromatic heterocycles. The number of fused-ring (bicyclic) bond motifs is 1. The molecule has 1 atom stereocenters. The van der Waals surface area contributed by atoms with E-state index in [0.717, 1.165) is 27.7 Å². The van der Waals surface area contributed by atoms with E-state index in [1.54, 1.807) is 19.3 Å². The minimum Gasteiger partial charge on any atom is -0.481 e. The average Bonchev–Trinajstić information content (AvgIpc) is 3.11. The molecule has 0 spiro atoms. The van der Waals surface area contributed by atoms with Gasteiger partial charge in [0.15, 0.2) is 5.78 Å². The fourth-order valence-electron chi connectivity index (χ4n) is 3.38. The number of carboxylic acid groups (broad SMARTS) is 1. The fraction of sp³-hybridized carbons (Fsp3) is 0.217. The van der Waals surface area contributed by atoms with E-state index in [4.69, 9.17) is 4.42 Å². The molecule has 0 bridgehead atoms. The number of rotatable bonds is 7. The number of Topliss-reactive ketones (excluding diaryl/α,β-unsaturated/α-hetero) is 1. The molecule has 0 aliphatic carbocycles. The zero-order chi connectivity index (χ0) is 19.6. The first kappa shape index (κ1) is 18.6. The van der Waals surface area contributed by atoms with Crippen LogP contribution in [0.2, 0.25) is 0 Å². The van der Waals surface area contributed by atoms with E-state index in [2.05, 4.69) is 6.58 Å². The third kappa shape index (κ3) is 3.43. The van der Waals surface area contributed by atoms with E-state index in [1.807, 2.05) is 43.3 Å². The lowest BCUT2D eigenvalue weighted by Crippen LogP contribution is -2.21. The van der Waals surface area contributed by atoms with Gasteiger partial charge in [-0.25, -0.2) is 0 Å². The molecule has 3 rings (SSSR count). The quantitative estimate of drug-likeness (QED) is 0.444. The summed E-state index contributed by atoms with van der Waals surface area (Å²) in [6.45, 7) is 7.48. The Balaban J connectivity index is 2.01. The molecular weight excluding hydrogens is 340 g/mol. The van der Waals surface area contributed by atoms with Crippen molar-refractivity contribution in [1.29, 1.82) is 0 Å². The van der Waals surface area contributed by atoms with E-state index in [9.17, 15) is 14.7 Å². The normalized spacial score (nSPS) is 12.1. The number of aliphatic carboxylic acids is 1. The van der Waals surface area contributed by atoms with Crippen LogP contribution < -0.4 is 0 Å². The monoisotopic (exact) mass is 362 g/mol. The van der Waals surface area contributed by atoms with Crippen molar-refractivity contribution < 1.29 is 19.1 Å². The third-order valence-electron chi connectivity index (χ3n) is 4.94. The summed E-state index contributed by atoms with van der Waals surface area (Å²) >= 11 is 0. The molecule has 0 saturated carbocycles. The summed E-state index contributed by atoms with van der Waals surface area (Å²) in [7, 11) is 0. The summed E-state index contributed by atoms with van der Waals surface area (Å²) in [6.07, 6.45) is 2.71. The van der Waals surface area contributed by atoms with E-state index >= 15 is 0 Å². The molecule has 0 aliphatic rings. The number of aryl methyl sites for hydroxylation is 1. The lowest BCUT2D eigenvalue weighted by atomic mass is 9.87. The Morgan fingerprint density at radius 3 is 2.56 bits per heavy atom. The maximum Gasteiger partial charge on any atom is 0.311 e. The smallest absolute Gasteiger partial charge is 0.311 e. The van der Waals surface area contributed by atoms with Crippen LogP contribution in [0.15, 0.2) is 65.3 Å². The summed E-state index contributed by atoms with van der Waals surface area (Å²) in [5.74, 6) is -2.18. The van der Waals surface area contributed by atoms with Gasteiger partial charge in [-0.1, -0.05) is 56.8 Å². The van der Waals surface area contributed by atoms with Crippen LogP contribution in [-0.4, -0.2) is 16.9 Å². The van der Waals surface area contributed by atoms with Gasteiger partial charge in [-0.15, -0.1) is 0 Å². The largest absolute Gasteiger partial charge is 0.481 e. The van der Waals surface area contributed by atoms with Gasteiger partial charge in [-0.2, -0.15) is 0 Å². The highest BCUT2D eigenvalue weighted by Crippen LogP contribution is 2.32. The molecule has 3 aromatic rings. The first-order chi connectivity index (χ1) is 13.0. The number of ketones is 1. The molecular formula is C23H22O4. The lowest BCUT2D eigenvalue weighted by Gasteiger charge is -2.15. The Morgan fingerprint density at radius 1 is 1.15 bits per heavy atom. The van der Waals surface area contributed by atoms with Gasteiger partial charge in [-0.3, -0.25) is 9.59 Å². The second-order valence-electron chi connectivity index (χ2n) is 6.52. The predicted molar refractivity (Wildman–Crippen MR) is 106 cm³/mol. The maximum atomic E-state index is 12.9. The van der Waals surface area contributed by atoms with Crippen molar-refractivity contribution in [2.45, 2.75) is 26.7 Å². The van der Waals surface area contributed by atoms with Crippen molar-refractivity contribution in [2.24, 2.45) is 5.92 Å². The number of carbonyl (C=O) groups excluding carboxylic acids is 1. The number of furan rings is 1. The van der Waals surface area contributed by atoms with Gasteiger partial charge in [0.1, 0.15) is 5.58 Å². The zero-order valence-corrected chi connectivity index (χ0v) is 15.5. The van der Waals surface area contributed by atoms with Crippen LogP contribution in [0, 0.1) is 5.92 Å². The topological polar surface area (TPSA) is 67.5 Å².